The molecule has 0 N–H and O–H groups in total. The Kier molecular flexibility index (Phi) is 3.43. The number of ether oxygens (including phenoxy) is 1. The van der Waals surface area contributed by atoms with E-state index in [0.29, 0.717) is 6.21 Å². The first-order valence-electron chi connectivity index (χ1n) is 3.94. The Hall–Kier alpha value is -2.33. The fraction of sp³-hybridized carbons (Fsp3) is 0.111. The molecule has 76 valence electrons. The maximum Gasteiger partial charge on any atom is 0.338 e. The van der Waals surface area contributed by atoms with Crippen LogP contribution in [0, 0.1) is 0 Å². The van der Waals surface area contributed by atoms with Crippen molar-refractivity contribution in [1.29, 1.82) is 0 Å². The van der Waals surface area contributed by atoms with Gasteiger partial charge in [0, 0.05) is 12.4 Å². The van der Waals surface area contributed by atoms with Crippen molar-refractivity contribution in [2.45, 2.75) is 0 Å². The van der Waals surface area contributed by atoms with Crippen LogP contribution in [0.5, 0.6) is 0 Å². The Bertz CT molecular complexity index is 450. The van der Waals surface area contributed by atoms with Crippen LogP contribution >= 0.6 is 0 Å². The molecule has 6 nitrogen and oxygen atoms in total. The molecule has 15 heavy (non-hydrogen) atoms. The number of rotatable bonds is 3. The summed E-state index contributed by atoms with van der Waals surface area (Å²) in [6.07, 6.45) is 3.25. The monoisotopic (exact) mass is 205 g/mol. The van der Waals surface area contributed by atoms with E-state index in [1.807, 2.05) is 0 Å². The minimum atomic E-state index is -0.646. The summed E-state index contributed by atoms with van der Waals surface area (Å²) in [6, 6.07) is 1.35. The highest BCUT2D eigenvalue weighted by molar-refractivity contribution is 6.35. The van der Waals surface area contributed by atoms with Gasteiger partial charge in [-0.15, -0.1) is 0 Å². The van der Waals surface area contributed by atoms with Crippen molar-refractivity contribution in [3.05, 3.63) is 35.1 Å². The van der Waals surface area contributed by atoms with Gasteiger partial charge in [0.2, 0.25) is 0 Å². The van der Waals surface area contributed by atoms with Crippen LogP contribution < -0.4 is 0 Å². The summed E-state index contributed by atoms with van der Waals surface area (Å²) in [5, 5.41) is 0. The normalized spacial score (nSPS) is 8.87. The maximum atomic E-state index is 11.3. The summed E-state index contributed by atoms with van der Waals surface area (Å²) in [5.74, 6) is -1.27. The molecular weight excluding hydrogens is 198 g/mol. The maximum absolute atomic E-state index is 11.3. The van der Waals surface area contributed by atoms with E-state index < -0.39 is 11.8 Å². The first-order valence-corrected chi connectivity index (χ1v) is 3.94. The lowest BCUT2D eigenvalue weighted by molar-refractivity contribution is 0.00233. The van der Waals surface area contributed by atoms with Crippen molar-refractivity contribution in [3.8, 4) is 0 Å². The van der Waals surface area contributed by atoms with Crippen LogP contribution in [-0.4, -0.2) is 34.9 Å². The Morgan fingerprint density at radius 1 is 1.53 bits per heavy atom. The summed E-state index contributed by atoms with van der Waals surface area (Å²) in [4.78, 5) is 28.8. The fourth-order valence-corrected chi connectivity index (χ4v) is 1.00. The minimum Gasteiger partial charge on any atom is -0.465 e. The van der Waals surface area contributed by atoms with Crippen LogP contribution in [0.25, 0.3) is 5.53 Å². The number of methoxy groups -OCH3 is 1. The summed E-state index contributed by atoms with van der Waals surface area (Å²) >= 11 is 0. The molecule has 0 unspecified atom stereocenters. The number of pyridine rings is 1. The highest BCUT2D eigenvalue weighted by Gasteiger charge is 2.18. The lowest BCUT2D eigenvalue weighted by atomic mass is 10.1. The average molecular weight is 205 g/mol. The van der Waals surface area contributed by atoms with Gasteiger partial charge in [0.25, 0.3) is 5.78 Å². The van der Waals surface area contributed by atoms with Crippen molar-refractivity contribution >= 4 is 18.0 Å². The van der Waals surface area contributed by atoms with Crippen LogP contribution in [-0.2, 0) is 4.74 Å². The van der Waals surface area contributed by atoms with Crippen LogP contribution in [0.15, 0.2) is 18.5 Å². The Morgan fingerprint density at radius 2 is 2.27 bits per heavy atom. The lowest BCUT2D eigenvalue weighted by Gasteiger charge is -2.01. The first kappa shape index (κ1) is 10.7. The van der Waals surface area contributed by atoms with E-state index in [9.17, 15) is 9.59 Å². The van der Waals surface area contributed by atoms with Gasteiger partial charge in [0.1, 0.15) is 0 Å². The Balaban J connectivity index is 3.23. The molecule has 0 saturated carbocycles. The van der Waals surface area contributed by atoms with Gasteiger partial charge in [-0.1, -0.05) is 0 Å². The van der Waals surface area contributed by atoms with Crippen molar-refractivity contribution in [1.82, 2.24) is 4.98 Å². The second-order valence-electron chi connectivity index (χ2n) is 2.52. The number of hydrogen-bond donors (Lipinski definition) is 0. The molecule has 0 radical (unpaired) electrons. The predicted molar refractivity (Wildman–Crippen MR) is 49.6 cm³/mol. The van der Waals surface area contributed by atoms with Gasteiger partial charge in [-0.25, -0.2) is 4.79 Å². The molecule has 1 aromatic heterocycles. The molecule has 0 aromatic carbocycles. The minimum absolute atomic E-state index is 0.0298. The highest BCUT2D eigenvalue weighted by Crippen LogP contribution is 2.08. The Morgan fingerprint density at radius 3 is 2.87 bits per heavy atom. The molecule has 1 heterocycles. The molecule has 0 amide bonds. The molecule has 1 rings (SSSR count). The molecule has 0 bridgehead atoms. The number of nitrogens with zero attached hydrogens (tertiary/aromatic N) is 3. The van der Waals surface area contributed by atoms with Crippen LogP contribution in [0.4, 0.5) is 0 Å². The number of carbonyl (C=O) groups is 2. The molecule has 0 fully saturated rings. The first-order chi connectivity index (χ1) is 7.20. The zero-order valence-electron chi connectivity index (χ0n) is 7.88. The third kappa shape index (κ3) is 2.32. The molecule has 0 saturated heterocycles. The van der Waals surface area contributed by atoms with E-state index in [1.54, 1.807) is 0 Å². The highest BCUT2D eigenvalue weighted by atomic mass is 16.5. The molecule has 1 aromatic rings. The SMILES string of the molecule is COC(=O)c1ccncc1C(=O)C=[N+]=[N-]. The van der Waals surface area contributed by atoms with E-state index in [-0.39, 0.29) is 11.1 Å². The zero-order valence-corrected chi connectivity index (χ0v) is 7.88. The molecule has 0 atom stereocenters. The van der Waals surface area contributed by atoms with Crippen LogP contribution in [0.3, 0.4) is 0 Å². The topological polar surface area (TPSA) is 92.7 Å². The zero-order chi connectivity index (χ0) is 11.3. The predicted octanol–water partition coefficient (Wildman–Crippen LogP) is 0.351. The van der Waals surface area contributed by atoms with Crippen molar-refractivity contribution in [2.75, 3.05) is 7.11 Å². The van der Waals surface area contributed by atoms with Gasteiger partial charge in [-0.05, 0) is 6.07 Å². The van der Waals surface area contributed by atoms with Gasteiger partial charge in [0.05, 0.1) is 18.2 Å². The van der Waals surface area contributed by atoms with Gasteiger partial charge in [-0.2, -0.15) is 4.79 Å². The number of esters is 1. The second kappa shape index (κ2) is 4.78. The second-order valence-corrected chi connectivity index (χ2v) is 2.52. The molecule has 0 spiro atoms. The van der Waals surface area contributed by atoms with E-state index in [4.69, 9.17) is 5.53 Å². The molecule has 0 aliphatic rings. The Labute approximate surface area is 85.1 Å². The van der Waals surface area contributed by atoms with E-state index in [0.717, 1.165) is 0 Å². The van der Waals surface area contributed by atoms with E-state index in [2.05, 4.69) is 14.5 Å². The summed E-state index contributed by atoms with van der Waals surface area (Å²) in [7, 11) is 1.21. The van der Waals surface area contributed by atoms with Crippen LogP contribution in [0.1, 0.15) is 20.7 Å². The van der Waals surface area contributed by atoms with Crippen molar-refractivity contribution < 1.29 is 19.1 Å². The number of Topliss-reactive ketones (excluding diaryl/α,β-unsaturated/α-hetero) is 1. The van der Waals surface area contributed by atoms with Crippen LogP contribution in [0.2, 0.25) is 0 Å². The fourth-order valence-electron chi connectivity index (χ4n) is 1.00. The molecule has 0 aliphatic heterocycles. The number of hydrogen-bond acceptors (Lipinski definition) is 4. The molecular formula is C9H7N3O3. The average Bonchev–Trinajstić information content (AvgIpc) is 2.28. The number of ketones is 1. The number of carbonyl (C=O) groups excluding carboxylic acids is 2. The third-order valence-corrected chi connectivity index (χ3v) is 1.67. The number of aromatic nitrogens is 1. The standard InChI is InChI=1S/C9H7N3O3/c1-15-9(14)6-2-3-11-4-7(6)8(13)5-12-10/h2-5H,1H3. The van der Waals surface area contributed by atoms with Crippen molar-refractivity contribution in [2.24, 2.45) is 0 Å². The van der Waals surface area contributed by atoms with Gasteiger partial charge in [0.15, 0.2) is 0 Å². The van der Waals surface area contributed by atoms with E-state index >= 15 is 0 Å². The molecule has 6 heteroatoms. The van der Waals surface area contributed by atoms with E-state index in [1.165, 1.54) is 25.6 Å². The van der Waals surface area contributed by atoms with Gasteiger partial charge < -0.3 is 10.3 Å². The summed E-state index contributed by atoms with van der Waals surface area (Å²) < 4.78 is 4.48. The lowest BCUT2D eigenvalue weighted by Crippen LogP contribution is -2.11. The van der Waals surface area contributed by atoms with Crippen molar-refractivity contribution in [3.63, 3.8) is 0 Å². The summed E-state index contributed by atoms with van der Waals surface area (Å²) in [5.41, 5.74) is 8.31. The molecule has 0 aliphatic carbocycles. The summed E-state index contributed by atoms with van der Waals surface area (Å²) in [6.45, 7) is 0. The smallest absolute Gasteiger partial charge is 0.338 e. The van der Waals surface area contributed by atoms with Gasteiger partial charge >= 0.3 is 12.2 Å². The largest absolute Gasteiger partial charge is 0.465 e. The third-order valence-electron chi connectivity index (χ3n) is 1.67. The van der Waals surface area contributed by atoms with Gasteiger partial charge in [-0.3, -0.25) is 9.78 Å². The quantitative estimate of drug-likeness (QED) is 0.234.